The third-order valence-electron chi connectivity index (χ3n) is 4.53. The largest absolute Gasteiger partial charge is 0.497 e. The van der Waals surface area contributed by atoms with E-state index in [1.165, 1.54) is 7.11 Å². The Bertz CT molecular complexity index is 959. The molecular weight excluding hydrogens is 394 g/mol. The van der Waals surface area contributed by atoms with Crippen molar-refractivity contribution < 1.29 is 14.3 Å². The van der Waals surface area contributed by atoms with Crippen molar-refractivity contribution in [3.8, 4) is 5.75 Å². The van der Waals surface area contributed by atoms with E-state index in [0.29, 0.717) is 36.5 Å². The zero-order valence-corrected chi connectivity index (χ0v) is 17.3. The Hall–Kier alpha value is -2.87. The molecule has 0 spiro atoms. The van der Waals surface area contributed by atoms with Crippen LogP contribution in [-0.2, 0) is 16.1 Å². The summed E-state index contributed by atoms with van der Waals surface area (Å²) in [7, 11) is 3.05. The van der Waals surface area contributed by atoms with E-state index in [1.54, 1.807) is 13.4 Å². The van der Waals surface area contributed by atoms with Gasteiger partial charge in [0.2, 0.25) is 5.28 Å². The lowest BCUT2D eigenvalue weighted by Gasteiger charge is -2.08. The second kappa shape index (κ2) is 10.1. The smallest absolute Gasteiger partial charge is 0.305 e. The third-order valence-corrected chi connectivity index (χ3v) is 4.70. The van der Waals surface area contributed by atoms with Crippen molar-refractivity contribution in [3.05, 3.63) is 41.4 Å². The molecule has 0 amide bonds. The van der Waals surface area contributed by atoms with E-state index >= 15 is 0 Å². The number of nitrogens with one attached hydrogen (secondary N) is 1. The van der Waals surface area contributed by atoms with Crippen molar-refractivity contribution in [2.45, 2.75) is 32.2 Å². The molecule has 8 nitrogen and oxygen atoms in total. The Morgan fingerprint density at radius 2 is 1.93 bits per heavy atom. The van der Waals surface area contributed by atoms with Gasteiger partial charge in [-0.25, -0.2) is 4.98 Å². The Balaban J connectivity index is 1.64. The molecule has 0 aliphatic rings. The van der Waals surface area contributed by atoms with Gasteiger partial charge in [0.25, 0.3) is 0 Å². The summed E-state index contributed by atoms with van der Waals surface area (Å²) in [6.07, 6.45) is 4.78. The minimum atomic E-state index is -0.176. The van der Waals surface area contributed by atoms with Crippen molar-refractivity contribution in [3.63, 3.8) is 0 Å². The molecule has 0 saturated heterocycles. The van der Waals surface area contributed by atoms with Crippen LogP contribution in [0.15, 0.2) is 30.6 Å². The maximum absolute atomic E-state index is 11.1. The standard InChI is InChI=1S/C20H24ClN5O3/c1-28-15-9-7-14(8-10-15)12-26-13-23-17-18(24-20(21)25-19(17)26)22-11-5-3-4-6-16(27)29-2/h7-10,13H,3-6,11-12H2,1-2H3,(H,22,24,25). The summed E-state index contributed by atoms with van der Waals surface area (Å²) in [5.74, 6) is 1.25. The molecule has 3 rings (SSSR count). The highest BCUT2D eigenvalue weighted by molar-refractivity contribution is 6.28. The number of esters is 1. The Kier molecular flexibility index (Phi) is 7.24. The van der Waals surface area contributed by atoms with Gasteiger partial charge in [0.15, 0.2) is 17.0 Å². The summed E-state index contributed by atoms with van der Waals surface area (Å²) >= 11 is 6.14. The van der Waals surface area contributed by atoms with Crippen molar-refractivity contribution in [1.29, 1.82) is 0 Å². The van der Waals surface area contributed by atoms with E-state index in [2.05, 4.69) is 25.0 Å². The predicted molar refractivity (Wildman–Crippen MR) is 111 cm³/mol. The molecule has 0 aliphatic heterocycles. The lowest BCUT2D eigenvalue weighted by atomic mass is 10.2. The van der Waals surface area contributed by atoms with Gasteiger partial charge in [0, 0.05) is 13.0 Å². The molecule has 3 aromatic rings. The van der Waals surface area contributed by atoms with Crippen LogP contribution in [0.1, 0.15) is 31.2 Å². The molecule has 0 fully saturated rings. The zero-order valence-electron chi connectivity index (χ0n) is 16.5. The van der Waals surface area contributed by atoms with Gasteiger partial charge < -0.3 is 19.4 Å². The molecule has 0 atom stereocenters. The number of imidazole rings is 1. The van der Waals surface area contributed by atoms with Crippen LogP contribution < -0.4 is 10.1 Å². The van der Waals surface area contributed by atoms with Crippen LogP contribution >= 0.6 is 11.6 Å². The van der Waals surface area contributed by atoms with Crippen LogP contribution in [0, 0.1) is 0 Å². The van der Waals surface area contributed by atoms with Gasteiger partial charge in [-0.15, -0.1) is 0 Å². The maximum atomic E-state index is 11.1. The Morgan fingerprint density at radius 3 is 2.66 bits per heavy atom. The molecule has 1 N–H and O–H groups in total. The van der Waals surface area contributed by atoms with E-state index < -0.39 is 0 Å². The van der Waals surface area contributed by atoms with Crippen molar-refractivity contribution in [2.75, 3.05) is 26.1 Å². The van der Waals surface area contributed by atoms with Crippen LogP contribution in [0.2, 0.25) is 5.28 Å². The molecule has 0 aliphatic carbocycles. The number of ether oxygens (including phenoxy) is 2. The number of unbranched alkanes of at least 4 members (excludes halogenated alkanes) is 2. The number of aromatic nitrogens is 4. The SMILES string of the molecule is COC(=O)CCCCCNc1nc(Cl)nc2c1ncn2Cc1ccc(OC)cc1. The number of carbonyl (C=O) groups excluding carboxylic acids is 1. The number of anilines is 1. The van der Waals surface area contributed by atoms with Gasteiger partial charge in [-0.1, -0.05) is 18.6 Å². The second-order valence-corrected chi connectivity index (χ2v) is 6.89. The number of hydrogen-bond donors (Lipinski definition) is 1. The lowest BCUT2D eigenvalue weighted by Crippen LogP contribution is -2.06. The minimum absolute atomic E-state index is 0.169. The van der Waals surface area contributed by atoms with Crippen molar-refractivity contribution in [2.24, 2.45) is 0 Å². The van der Waals surface area contributed by atoms with Crippen LogP contribution in [0.5, 0.6) is 5.75 Å². The van der Waals surface area contributed by atoms with Crippen molar-refractivity contribution >= 4 is 34.6 Å². The number of hydrogen-bond acceptors (Lipinski definition) is 7. The predicted octanol–water partition coefficient (Wildman–Crippen LogP) is 3.68. The minimum Gasteiger partial charge on any atom is -0.497 e. The average molecular weight is 418 g/mol. The first-order valence-electron chi connectivity index (χ1n) is 9.42. The monoisotopic (exact) mass is 417 g/mol. The highest BCUT2D eigenvalue weighted by Gasteiger charge is 2.13. The molecule has 0 radical (unpaired) electrons. The normalized spacial score (nSPS) is 10.9. The first-order chi connectivity index (χ1) is 14.1. The average Bonchev–Trinajstić information content (AvgIpc) is 3.13. The summed E-state index contributed by atoms with van der Waals surface area (Å²) in [6.45, 7) is 1.32. The van der Waals surface area contributed by atoms with Crippen molar-refractivity contribution in [1.82, 2.24) is 19.5 Å². The van der Waals surface area contributed by atoms with Crippen LogP contribution in [0.25, 0.3) is 11.2 Å². The van der Waals surface area contributed by atoms with Crippen LogP contribution in [-0.4, -0.2) is 46.3 Å². The highest BCUT2D eigenvalue weighted by atomic mass is 35.5. The molecule has 0 saturated carbocycles. The Labute approximate surface area is 174 Å². The van der Waals surface area contributed by atoms with E-state index in [9.17, 15) is 4.79 Å². The second-order valence-electron chi connectivity index (χ2n) is 6.55. The van der Waals surface area contributed by atoms with E-state index in [0.717, 1.165) is 30.6 Å². The lowest BCUT2D eigenvalue weighted by molar-refractivity contribution is -0.140. The highest BCUT2D eigenvalue weighted by Crippen LogP contribution is 2.22. The number of rotatable bonds is 10. The fourth-order valence-electron chi connectivity index (χ4n) is 2.96. The van der Waals surface area contributed by atoms with Gasteiger partial charge in [-0.05, 0) is 42.1 Å². The number of carbonyl (C=O) groups is 1. The summed E-state index contributed by atoms with van der Waals surface area (Å²) in [5, 5.41) is 3.45. The van der Waals surface area contributed by atoms with Gasteiger partial charge >= 0.3 is 5.97 Å². The topological polar surface area (TPSA) is 91.2 Å². The number of methoxy groups -OCH3 is 2. The van der Waals surface area contributed by atoms with Crippen LogP contribution in [0.3, 0.4) is 0 Å². The number of fused-ring (bicyclic) bond motifs is 1. The quantitative estimate of drug-likeness (QED) is 0.305. The molecule has 154 valence electrons. The van der Waals surface area contributed by atoms with Crippen LogP contribution in [0.4, 0.5) is 5.82 Å². The fourth-order valence-corrected chi connectivity index (χ4v) is 3.13. The first kappa shape index (κ1) is 20.9. The van der Waals surface area contributed by atoms with Gasteiger partial charge in [0.1, 0.15) is 5.75 Å². The molecule has 0 bridgehead atoms. The molecule has 29 heavy (non-hydrogen) atoms. The Morgan fingerprint density at radius 1 is 1.14 bits per heavy atom. The first-order valence-corrected chi connectivity index (χ1v) is 9.80. The summed E-state index contributed by atoms with van der Waals surface area (Å²) in [5.41, 5.74) is 2.45. The fraction of sp³-hybridized carbons (Fsp3) is 0.400. The molecule has 1 aromatic carbocycles. The maximum Gasteiger partial charge on any atom is 0.305 e. The zero-order chi connectivity index (χ0) is 20.6. The molecule has 2 heterocycles. The number of halogens is 1. The third kappa shape index (κ3) is 5.57. The number of benzene rings is 1. The molecule has 2 aromatic heterocycles. The van der Waals surface area contributed by atoms with E-state index in [4.69, 9.17) is 16.3 Å². The van der Waals surface area contributed by atoms with E-state index in [1.807, 2.05) is 28.8 Å². The molecular formula is C20H24ClN5O3. The summed E-state index contributed by atoms with van der Waals surface area (Å²) in [6, 6.07) is 7.84. The summed E-state index contributed by atoms with van der Waals surface area (Å²) < 4.78 is 11.8. The molecule has 9 heteroatoms. The molecule has 0 unspecified atom stereocenters. The summed E-state index contributed by atoms with van der Waals surface area (Å²) in [4.78, 5) is 24.2. The van der Waals surface area contributed by atoms with E-state index in [-0.39, 0.29) is 11.3 Å². The number of nitrogens with zero attached hydrogens (tertiary/aromatic N) is 4. The van der Waals surface area contributed by atoms with Gasteiger partial charge in [-0.2, -0.15) is 9.97 Å². The van der Waals surface area contributed by atoms with Gasteiger partial charge in [-0.3, -0.25) is 4.79 Å². The van der Waals surface area contributed by atoms with Gasteiger partial charge in [0.05, 0.1) is 27.1 Å².